The molecule has 6 N–H and O–H groups in total. The van der Waals surface area contributed by atoms with E-state index >= 15 is 4.79 Å². The standard InChI is InChI=1S/C46H61NO11.C24H38O6.C22H25NO6/c1-25-31(22-46(52)26(2)37-44(8)24-55-32(44)21-33(54-11)45(37,9)38(49)30(23-48)34(25)43(46,6)7)56-40(50)36-35(27-15-13-12-14-16-27)47(41(51)58-42(3,4)5)39(57-36)28-17-19-29(53-10)20-18-28;1-12-15(26)9-24(28)13(2)19-22(5)11-30-16(22)8-17(29-7)23(19,6)20(27)14(10-25)18(12)21(24,3)4;1-22(2,3)29-21(26)23-17(14-8-6-5-7-9-14)18(20(24)25)28-19(23)15-10-12-16(27-4)13-11-15/h12-20,26,30-33,35-37,39,48,52H,21-24H2,1-11H3;13-17,19,25-26,28H,8-11H2,1-7H3;5-13,17-19H,1-4H3,(H,24,25)/t26-,30+,31-,32+,33-,35?,36?,37?,39?,44+,45+,46+;13-,14+,15-,16+,17-,19?,22+,23+,24+;/m00./s1. The number of carbonyl (C=O) groups excluding carboxylic acids is 5. The lowest BCUT2D eigenvalue weighted by molar-refractivity contribution is -0.304. The van der Waals surface area contributed by atoms with Crippen LogP contribution in [0.5, 0.6) is 11.5 Å². The summed E-state index contributed by atoms with van der Waals surface area (Å²) < 4.78 is 65.1. The molecule has 4 aliphatic heterocycles. The highest BCUT2D eigenvalue weighted by Crippen LogP contribution is 2.70. The number of methoxy groups -OCH3 is 4. The zero-order valence-corrected chi connectivity index (χ0v) is 72.0. The van der Waals surface area contributed by atoms with Crippen LogP contribution in [0.4, 0.5) is 9.59 Å². The van der Waals surface area contributed by atoms with Crippen molar-refractivity contribution in [3.8, 4) is 11.5 Å². The molecule has 6 aliphatic carbocycles. The molecule has 24 atom stereocenters. The molecule has 10 aliphatic rings. The predicted octanol–water partition coefficient (Wildman–Crippen LogP) is 13.0. The van der Waals surface area contributed by atoms with Crippen molar-refractivity contribution in [3.63, 3.8) is 0 Å². The number of carboxylic acid groups (broad SMARTS) is 1. The van der Waals surface area contributed by atoms with Crippen molar-refractivity contribution in [3.05, 3.63) is 154 Å². The number of ether oxygens (including phenoxy) is 11. The van der Waals surface area contributed by atoms with E-state index in [-0.39, 0.29) is 66.6 Å². The van der Waals surface area contributed by atoms with Gasteiger partial charge in [-0.05, 0) is 151 Å². The van der Waals surface area contributed by atoms with Gasteiger partial charge in [-0.2, -0.15) is 0 Å². The van der Waals surface area contributed by atoms with Crippen molar-refractivity contribution in [1.82, 2.24) is 9.80 Å². The van der Waals surface area contributed by atoms with Crippen molar-refractivity contribution >= 4 is 35.7 Å². The van der Waals surface area contributed by atoms with Crippen LogP contribution in [0.1, 0.15) is 197 Å². The van der Waals surface area contributed by atoms with E-state index in [1.54, 1.807) is 143 Å². The number of hydrogen-bond acceptors (Lipinski definition) is 22. The minimum Gasteiger partial charge on any atom is -0.497 e. The van der Waals surface area contributed by atoms with Crippen LogP contribution in [-0.4, -0.2) is 202 Å². The van der Waals surface area contributed by atoms with Gasteiger partial charge in [0, 0.05) is 72.7 Å². The molecule has 25 nitrogen and oxygen atoms in total. The van der Waals surface area contributed by atoms with Crippen LogP contribution in [0.3, 0.4) is 0 Å². The first-order valence-corrected chi connectivity index (χ1v) is 41.0. The molecular weight excluding hydrogens is 1500 g/mol. The number of benzene rings is 4. The van der Waals surface area contributed by atoms with Crippen molar-refractivity contribution < 1.29 is 112 Å². The maximum atomic E-state index is 15.2. The number of hydrogen-bond donors (Lipinski definition) is 6. The van der Waals surface area contributed by atoms with E-state index in [0.29, 0.717) is 82.1 Å². The first-order valence-electron chi connectivity index (χ1n) is 41.0. The fourth-order valence-corrected chi connectivity index (χ4v) is 23.3. The topological polar surface area (TPSA) is 332 Å². The van der Waals surface area contributed by atoms with Crippen LogP contribution in [0.15, 0.2) is 131 Å². The third-order valence-corrected chi connectivity index (χ3v) is 29.0. The summed E-state index contributed by atoms with van der Waals surface area (Å²) in [5.74, 6) is -4.01. The average molecular weight is 1630 g/mol. The Hall–Kier alpha value is -7.66. The summed E-state index contributed by atoms with van der Waals surface area (Å²) in [6, 6.07) is 30.3. The largest absolute Gasteiger partial charge is 0.497 e. The molecule has 0 spiro atoms. The normalized spacial score (nSPS) is 37.8. The highest BCUT2D eigenvalue weighted by molar-refractivity contribution is 5.93. The van der Waals surface area contributed by atoms with Crippen LogP contribution in [0.25, 0.3) is 0 Å². The second-order valence-electron chi connectivity index (χ2n) is 38.2. The maximum absolute atomic E-state index is 15.2. The fraction of sp³-hybridized carbons (Fsp3) is 0.630. The lowest BCUT2D eigenvalue weighted by Crippen LogP contribution is -2.75. The third kappa shape index (κ3) is 14.5. The summed E-state index contributed by atoms with van der Waals surface area (Å²) in [7, 11) is 6.36. The van der Waals surface area contributed by atoms with Crippen LogP contribution in [0, 0.1) is 68.0 Å². The summed E-state index contributed by atoms with van der Waals surface area (Å²) in [4.78, 5) is 86.6. The van der Waals surface area contributed by atoms with Crippen LogP contribution >= 0.6 is 0 Å². The molecule has 8 fully saturated rings. The first kappa shape index (κ1) is 88.6. The summed E-state index contributed by atoms with van der Waals surface area (Å²) in [5.41, 5.74) is -3.76. The Kier molecular flexibility index (Phi) is 24.3. The van der Waals surface area contributed by atoms with Gasteiger partial charge in [-0.1, -0.05) is 140 Å². The second-order valence-corrected chi connectivity index (χ2v) is 38.2. The molecular formula is C92H124N2O23. The minimum absolute atomic E-state index is 0.0280. The number of rotatable bonds is 13. The Morgan fingerprint density at radius 3 is 1.23 bits per heavy atom. The summed E-state index contributed by atoms with van der Waals surface area (Å²) in [6.45, 7) is 34.4. The number of amides is 2. The van der Waals surface area contributed by atoms with Gasteiger partial charge in [0.1, 0.15) is 40.9 Å². The van der Waals surface area contributed by atoms with Gasteiger partial charge >= 0.3 is 24.1 Å². The third-order valence-electron chi connectivity index (χ3n) is 29.0. The number of fused-ring (bicyclic) bond motifs is 10. The van der Waals surface area contributed by atoms with Gasteiger partial charge in [0.2, 0.25) is 0 Å². The average Bonchev–Trinajstić information content (AvgIpc) is 1.13. The van der Waals surface area contributed by atoms with E-state index in [1.807, 2.05) is 106 Å². The lowest BCUT2D eigenvalue weighted by atomic mass is 9.40. The van der Waals surface area contributed by atoms with E-state index in [0.717, 1.165) is 0 Å². The van der Waals surface area contributed by atoms with Gasteiger partial charge in [-0.15, -0.1) is 0 Å². The number of aliphatic carboxylic acids is 1. The molecule has 640 valence electrons. The van der Waals surface area contributed by atoms with E-state index in [1.165, 1.54) is 9.80 Å². The number of esters is 1. The summed E-state index contributed by atoms with van der Waals surface area (Å²) >= 11 is 0. The molecule has 2 amide bonds. The minimum atomic E-state index is -1.52. The number of ketones is 2. The Morgan fingerprint density at radius 2 is 0.889 bits per heavy atom. The molecule has 117 heavy (non-hydrogen) atoms. The first-order chi connectivity index (χ1) is 54.7. The number of aliphatic hydroxyl groups excluding tert-OH is 3. The van der Waals surface area contributed by atoms with Gasteiger partial charge in [0.15, 0.2) is 36.2 Å². The molecule has 4 aromatic rings. The zero-order chi connectivity index (χ0) is 85.9. The lowest BCUT2D eigenvalue weighted by Gasteiger charge is -2.69. The van der Waals surface area contributed by atoms with Crippen molar-refractivity contribution in [2.24, 2.45) is 68.0 Å². The van der Waals surface area contributed by atoms with Gasteiger partial charge in [-0.3, -0.25) is 19.4 Å². The van der Waals surface area contributed by atoms with Crippen LogP contribution in [-0.2, 0) is 61.8 Å². The van der Waals surface area contributed by atoms with Gasteiger partial charge in [0.25, 0.3) is 0 Å². The van der Waals surface area contributed by atoms with Crippen molar-refractivity contribution in [2.75, 3.05) is 54.9 Å². The number of nitrogens with zero attached hydrogens (tertiary/aromatic N) is 2. The zero-order valence-electron chi connectivity index (χ0n) is 72.0. The van der Waals surface area contributed by atoms with Gasteiger partial charge in [0.05, 0.1) is 105 Å². The molecule has 8 unspecified atom stereocenters. The van der Waals surface area contributed by atoms with E-state index in [9.17, 15) is 54.6 Å². The molecule has 4 aromatic carbocycles. The van der Waals surface area contributed by atoms with E-state index < -0.39 is 159 Å². The molecule has 4 heterocycles. The number of Topliss-reactive ketones (excluding diaryl/α,β-unsaturated/α-hetero) is 2. The van der Waals surface area contributed by atoms with Crippen LogP contribution < -0.4 is 9.47 Å². The molecule has 4 bridgehead atoms. The number of carbonyl (C=O) groups is 6. The Bertz CT molecular complexity index is 4420. The Labute approximate surface area is 687 Å². The Morgan fingerprint density at radius 1 is 0.521 bits per heavy atom. The number of carboxylic acids is 1. The van der Waals surface area contributed by atoms with Crippen molar-refractivity contribution in [1.29, 1.82) is 0 Å². The smallest absolute Gasteiger partial charge is 0.413 e. The Balaban J connectivity index is 0.000000179. The molecule has 4 saturated carbocycles. The monoisotopic (exact) mass is 1620 g/mol. The second kappa shape index (κ2) is 32.1. The highest BCUT2D eigenvalue weighted by Gasteiger charge is 2.76. The fourth-order valence-electron chi connectivity index (χ4n) is 23.3. The summed E-state index contributed by atoms with van der Waals surface area (Å²) in [5, 5.41) is 68.0. The maximum Gasteiger partial charge on any atom is 0.413 e. The quantitative estimate of drug-likeness (QED) is 0.0411. The molecule has 14 rings (SSSR count). The van der Waals surface area contributed by atoms with Gasteiger partial charge in [-0.25, -0.2) is 19.2 Å². The van der Waals surface area contributed by atoms with E-state index in [4.69, 9.17) is 52.1 Å². The highest BCUT2D eigenvalue weighted by atomic mass is 16.6. The van der Waals surface area contributed by atoms with Gasteiger partial charge < -0.3 is 82.7 Å². The number of aliphatic hydroxyl groups is 5. The molecule has 0 radical (unpaired) electrons. The van der Waals surface area contributed by atoms with E-state index in [2.05, 4.69) is 13.8 Å². The SMILES string of the molecule is CO[C@H]1C[C@H]2OC[C@@]2(C)C2[C@H](C)[C@]3(O)C[C@H](O)C(C)=C([C@@H](CO)C(=O)[C@@]21C)C3(C)C.COc1ccc(C2OC(C(=O)O)C(c3ccccc3)N2C(=O)OC(C)(C)C)cc1.COc1ccc(C2OC(C(=O)O[C@H]3C[C@@]4(O)[C@@H](C)C5[C@]6(C)CO[C@@H]6C[C@H](OC)[C@@]5(C)C(=O)[C@H](CO)C(=C3C)C4(C)C)C(c3ccccc3)N2C(=O)OC(C)(C)C)cc1. The molecule has 0 aromatic heterocycles. The molecule has 4 saturated heterocycles. The van der Waals surface area contributed by atoms with Crippen LogP contribution in [0.2, 0.25) is 0 Å². The predicted molar refractivity (Wildman–Crippen MR) is 431 cm³/mol. The van der Waals surface area contributed by atoms with Crippen molar-refractivity contribution in [2.45, 2.75) is 246 Å². The summed E-state index contributed by atoms with van der Waals surface area (Å²) in [6.07, 6.45) is -7.33. The molecule has 25 heteroatoms.